The molecule has 0 unspecified atom stereocenters. The number of carbonyl (C=O) groups is 2. The number of ether oxygens (including phenoxy) is 1. The molecule has 0 aromatic heterocycles. The van der Waals surface area contributed by atoms with Gasteiger partial charge in [-0.15, -0.1) is 10.2 Å². The van der Waals surface area contributed by atoms with Crippen LogP contribution in [0.2, 0.25) is 0 Å². The number of azo groups is 1. The highest BCUT2D eigenvalue weighted by molar-refractivity contribution is 5.97. The van der Waals surface area contributed by atoms with Gasteiger partial charge in [-0.05, 0) is 60.7 Å². The van der Waals surface area contributed by atoms with Gasteiger partial charge in [0.15, 0.2) is 0 Å². The lowest BCUT2D eigenvalue weighted by molar-refractivity contribution is 0.0596. The van der Waals surface area contributed by atoms with Gasteiger partial charge < -0.3 is 14.7 Å². The van der Waals surface area contributed by atoms with Gasteiger partial charge in [-0.3, -0.25) is 4.79 Å². The van der Waals surface area contributed by atoms with Gasteiger partial charge in [-0.25, -0.2) is 10.3 Å². The summed E-state index contributed by atoms with van der Waals surface area (Å²) in [5, 5.41) is 17.1. The van der Waals surface area contributed by atoms with E-state index in [4.69, 9.17) is 9.57 Å². The van der Waals surface area contributed by atoms with E-state index in [1.165, 1.54) is 12.1 Å². The van der Waals surface area contributed by atoms with Crippen molar-refractivity contribution in [3.05, 3.63) is 83.9 Å². The van der Waals surface area contributed by atoms with Crippen molar-refractivity contribution in [3.63, 3.8) is 0 Å². The van der Waals surface area contributed by atoms with Crippen LogP contribution in [-0.4, -0.2) is 24.1 Å². The number of carbonyl (C=O) groups excluding carboxylic acids is 2. The molecule has 0 bridgehead atoms. The largest absolute Gasteiger partial charge is 0.507 e. The first-order valence-corrected chi connectivity index (χ1v) is 8.52. The Bertz CT molecular complexity index is 1030. The van der Waals surface area contributed by atoms with Crippen molar-refractivity contribution in [1.82, 2.24) is 0 Å². The first kappa shape index (κ1) is 19.6. The van der Waals surface area contributed by atoms with Crippen LogP contribution < -0.4 is 10.2 Å². The van der Waals surface area contributed by atoms with Gasteiger partial charge in [-0.1, -0.05) is 12.1 Å². The van der Waals surface area contributed by atoms with Gasteiger partial charge in [0, 0.05) is 0 Å². The molecule has 0 radical (unpaired) electrons. The molecule has 0 saturated heterocycles. The molecule has 0 saturated carbocycles. The van der Waals surface area contributed by atoms with Gasteiger partial charge in [-0.2, -0.15) is 0 Å². The summed E-state index contributed by atoms with van der Waals surface area (Å²) < 4.78 is 5.04. The molecule has 3 rings (SSSR count). The fourth-order valence-electron chi connectivity index (χ4n) is 2.30. The van der Waals surface area contributed by atoms with Gasteiger partial charge in [0.1, 0.15) is 11.5 Å². The van der Waals surface area contributed by atoms with Crippen LogP contribution >= 0.6 is 0 Å². The molecule has 0 fully saturated rings. The zero-order valence-corrected chi connectivity index (χ0v) is 15.4. The van der Waals surface area contributed by atoms with E-state index in [1.807, 2.05) is 0 Å². The zero-order chi connectivity index (χ0) is 20.6. The van der Waals surface area contributed by atoms with Crippen molar-refractivity contribution in [2.45, 2.75) is 0 Å². The number of nitrogens with one attached hydrogen (secondary N) is 1. The third-order valence-corrected chi connectivity index (χ3v) is 3.85. The topological polar surface area (TPSA) is 110 Å². The fourth-order valence-corrected chi connectivity index (χ4v) is 2.30. The highest BCUT2D eigenvalue weighted by Crippen LogP contribution is 2.20. The fraction of sp³-hybridized carbons (Fsp3) is 0.0476. The monoisotopic (exact) mass is 391 g/mol. The lowest BCUT2D eigenvalue weighted by atomic mass is 10.2. The van der Waals surface area contributed by atoms with E-state index in [2.05, 4.69) is 15.7 Å². The maximum atomic E-state index is 12.0. The number of rotatable bonds is 6. The summed E-state index contributed by atoms with van der Waals surface area (Å²) in [6.45, 7) is 0. The number of anilines is 1. The predicted molar refractivity (Wildman–Crippen MR) is 105 cm³/mol. The Labute approximate surface area is 166 Å². The third-order valence-electron chi connectivity index (χ3n) is 3.85. The number of phenols is 1. The standard InChI is InChI=1S/C21H17N3O5/c1-28-17-12-6-14(7-13-17)21(27)29-24-16-10-8-15(9-11-16)22-23-20(26)18-4-2-3-5-19(18)25/h2-13,24-25H,1H3. The van der Waals surface area contributed by atoms with Crippen LogP contribution in [0.4, 0.5) is 11.4 Å². The molecule has 2 N–H and O–H groups in total. The highest BCUT2D eigenvalue weighted by atomic mass is 16.7. The minimum Gasteiger partial charge on any atom is -0.507 e. The molecule has 1 amide bonds. The van der Waals surface area contributed by atoms with E-state index < -0.39 is 11.9 Å². The molecule has 3 aromatic carbocycles. The Balaban J connectivity index is 1.56. The van der Waals surface area contributed by atoms with E-state index in [0.29, 0.717) is 22.7 Å². The zero-order valence-electron chi connectivity index (χ0n) is 15.4. The Morgan fingerprint density at radius 1 is 0.931 bits per heavy atom. The first-order valence-electron chi connectivity index (χ1n) is 8.52. The molecule has 0 aliphatic carbocycles. The van der Waals surface area contributed by atoms with Crippen LogP contribution in [0.5, 0.6) is 11.5 Å². The number of benzene rings is 3. The number of phenolic OH excluding ortho intramolecular Hbond substituents is 1. The minimum absolute atomic E-state index is 0.0694. The second-order valence-electron chi connectivity index (χ2n) is 5.79. The van der Waals surface area contributed by atoms with Crippen LogP contribution in [0, 0.1) is 0 Å². The summed E-state index contributed by atoms with van der Waals surface area (Å²) in [6, 6.07) is 19.0. The Hall–Kier alpha value is -4.20. The molecule has 3 aromatic rings. The molecule has 0 atom stereocenters. The van der Waals surface area contributed by atoms with Gasteiger partial charge in [0.05, 0.1) is 29.6 Å². The number of nitrogens with zero attached hydrogens (tertiary/aromatic N) is 2. The van der Waals surface area contributed by atoms with Crippen LogP contribution in [0.25, 0.3) is 0 Å². The minimum atomic E-state index is -0.654. The van der Waals surface area contributed by atoms with Crippen LogP contribution in [0.15, 0.2) is 83.0 Å². The average molecular weight is 391 g/mol. The number of para-hydroxylation sites is 1. The van der Waals surface area contributed by atoms with E-state index >= 15 is 0 Å². The molecule has 0 aliphatic heterocycles. The molecule has 0 heterocycles. The Morgan fingerprint density at radius 2 is 1.62 bits per heavy atom. The van der Waals surface area contributed by atoms with Crippen molar-refractivity contribution < 1.29 is 24.3 Å². The van der Waals surface area contributed by atoms with Crippen molar-refractivity contribution in [2.24, 2.45) is 10.2 Å². The van der Waals surface area contributed by atoms with E-state index in [0.717, 1.165) is 0 Å². The summed E-state index contributed by atoms with van der Waals surface area (Å²) in [6.07, 6.45) is 0. The highest BCUT2D eigenvalue weighted by Gasteiger charge is 2.09. The van der Waals surface area contributed by atoms with Crippen LogP contribution in [0.3, 0.4) is 0 Å². The molecular formula is C21H17N3O5. The molecular weight excluding hydrogens is 374 g/mol. The smallest absolute Gasteiger partial charge is 0.362 e. The second-order valence-corrected chi connectivity index (χ2v) is 5.79. The van der Waals surface area contributed by atoms with Crippen LogP contribution in [0.1, 0.15) is 20.7 Å². The van der Waals surface area contributed by atoms with Crippen molar-refractivity contribution >= 4 is 23.3 Å². The second kappa shape index (κ2) is 9.14. The molecule has 0 aliphatic rings. The van der Waals surface area contributed by atoms with Crippen molar-refractivity contribution in [2.75, 3.05) is 12.6 Å². The van der Waals surface area contributed by atoms with Crippen molar-refractivity contribution in [1.29, 1.82) is 0 Å². The molecule has 8 heteroatoms. The molecule has 8 nitrogen and oxygen atoms in total. The summed E-state index contributed by atoms with van der Waals surface area (Å²) in [4.78, 5) is 29.0. The molecule has 0 spiro atoms. The lowest BCUT2D eigenvalue weighted by Crippen LogP contribution is -2.10. The number of hydrogen-bond donors (Lipinski definition) is 2. The Kier molecular flexibility index (Phi) is 6.16. The van der Waals surface area contributed by atoms with E-state index in [-0.39, 0.29) is 11.3 Å². The summed E-state index contributed by atoms with van der Waals surface area (Å²) in [5.41, 5.74) is 3.91. The van der Waals surface area contributed by atoms with Crippen LogP contribution in [-0.2, 0) is 4.84 Å². The number of aromatic hydroxyl groups is 1. The summed E-state index contributed by atoms with van der Waals surface area (Å²) >= 11 is 0. The van der Waals surface area contributed by atoms with E-state index in [1.54, 1.807) is 67.8 Å². The van der Waals surface area contributed by atoms with Crippen molar-refractivity contribution in [3.8, 4) is 11.5 Å². The lowest BCUT2D eigenvalue weighted by Gasteiger charge is -2.07. The van der Waals surface area contributed by atoms with Gasteiger partial charge in [0.2, 0.25) is 0 Å². The maximum Gasteiger partial charge on any atom is 0.362 e. The average Bonchev–Trinajstić information content (AvgIpc) is 2.77. The summed E-state index contributed by atoms with van der Waals surface area (Å²) in [7, 11) is 1.54. The quantitative estimate of drug-likeness (QED) is 0.473. The molecule has 29 heavy (non-hydrogen) atoms. The van der Waals surface area contributed by atoms with Gasteiger partial charge >= 0.3 is 5.97 Å². The molecule has 146 valence electrons. The number of hydrogen-bond acceptors (Lipinski definition) is 7. The number of amides is 1. The predicted octanol–water partition coefficient (Wildman–Crippen LogP) is 4.51. The maximum absolute atomic E-state index is 12.0. The third kappa shape index (κ3) is 5.16. The van der Waals surface area contributed by atoms with Gasteiger partial charge in [0.25, 0.3) is 5.91 Å². The Morgan fingerprint density at radius 3 is 2.28 bits per heavy atom. The normalized spacial score (nSPS) is 10.5. The summed E-state index contributed by atoms with van der Waals surface area (Å²) in [5.74, 6) is -0.724. The van der Waals surface area contributed by atoms with E-state index in [9.17, 15) is 14.7 Å². The SMILES string of the molecule is COc1ccc(C(=O)ONc2ccc(N=NC(=O)c3ccccc3O)cc2)cc1. The number of methoxy groups -OCH3 is 1. The first-order chi connectivity index (χ1) is 14.1.